The number of hydrogen-bond acceptors (Lipinski definition) is 4. The normalized spacial score (nSPS) is 11.0. The fourth-order valence-corrected chi connectivity index (χ4v) is 1.55. The summed E-state index contributed by atoms with van der Waals surface area (Å²) in [7, 11) is 0. The van der Waals surface area contributed by atoms with E-state index in [2.05, 4.69) is 26.1 Å². The number of nitrogens with zero attached hydrogens (tertiary/aromatic N) is 2. The number of carboxylic acids is 1. The summed E-state index contributed by atoms with van der Waals surface area (Å²) in [5.74, 6) is -1.66. The first-order chi connectivity index (χ1) is 8.56. The van der Waals surface area contributed by atoms with Crippen molar-refractivity contribution in [3.8, 4) is 11.5 Å². The number of aromatic nitrogens is 2. The third-order valence-corrected chi connectivity index (χ3v) is 2.46. The van der Waals surface area contributed by atoms with Gasteiger partial charge in [0.15, 0.2) is 0 Å². The minimum atomic E-state index is -1.13. The van der Waals surface area contributed by atoms with Gasteiger partial charge in [0.2, 0.25) is 5.89 Å². The molecule has 2 aromatic rings. The first-order valence-electron chi connectivity index (χ1n) is 4.76. The third kappa shape index (κ3) is 2.80. The highest BCUT2D eigenvalue weighted by Crippen LogP contribution is 2.24. The van der Waals surface area contributed by atoms with Crippen molar-refractivity contribution < 1.29 is 18.7 Å². The van der Waals surface area contributed by atoms with Crippen LogP contribution < -0.4 is 0 Å². The Bertz CT molecular complexity index is 625. The number of carbonyl (C=O) groups is 1. The van der Waals surface area contributed by atoms with E-state index in [1.807, 2.05) is 0 Å². The molecule has 0 fully saturated rings. The zero-order valence-electron chi connectivity index (χ0n) is 8.80. The molecule has 0 amide bonds. The summed E-state index contributed by atoms with van der Waals surface area (Å²) in [6.07, 6.45) is 1.99. The van der Waals surface area contributed by atoms with Gasteiger partial charge >= 0.3 is 5.97 Å². The molecule has 0 saturated heterocycles. The van der Waals surface area contributed by atoms with Crippen LogP contribution in [0.4, 0.5) is 4.39 Å². The van der Waals surface area contributed by atoms with Gasteiger partial charge in [-0.3, -0.25) is 0 Å². The summed E-state index contributed by atoms with van der Waals surface area (Å²) in [4.78, 5) is 10.3. The summed E-state index contributed by atoms with van der Waals surface area (Å²) in [6, 6.07) is 4.39. The molecule has 0 unspecified atom stereocenters. The molecule has 0 atom stereocenters. The largest absolute Gasteiger partial charge is 0.478 e. The lowest BCUT2D eigenvalue weighted by Crippen LogP contribution is -1.85. The van der Waals surface area contributed by atoms with Crippen molar-refractivity contribution >= 4 is 28.0 Å². The van der Waals surface area contributed by atoms with E-state index in [-0.39, 0.29) is 17.3 Å². The standard InChI is InChI=1S/C11H6BrFN2O3/c12-6-1-2-7(8(13)5-6)11-15-14-9(18-11)3-4-10(16)17/h1-5H,(H,16,17)/b4-3+. The molecule has 7 heteroatoms. The number of aliphatic carboxylic acids is 1. The molecule has 1 heterocycles. The SMILES string of the molecule is O=C(O)/C=C/c1nnc(-c2ccc(Br)cc2F)o1. The second-order valence-corrected chi connectivity index (χ2v) is 4.16. The number of carboxylic acid groups (broad SMARTS) is 1. The highest BCUT2D eigenvalue weighted by Gasteiger charge is 2.12. The molecule has 0 saturated carbocycles. The van der Waals surface area contributed by atoms with E-state index in [0.29, 0.717) is 4.47 Å². The van der Waals surface area contributed by atoms with Gasteiger partial charge in [0.1, 0.15) is 5.82 Å². The van der Waals surface area contributed by atoms with Crippen molar-refractivity contribution in [2.24, 2.45) is 0 Å². The van der Waals surface area contributed by atoms with Gasteiger partial charge in [0.25, 0.3) is 5.89 Å². The van der Waals surface area contributed by atoms with Crippen molar-refractivity contribution in [2.75, 3.05) is 0 Å². The van der Waals surface area contributed by atoms with Crippen LogP contribution in [0.15, 0.2) is 33.2 Å². The molecule has 1 aromatic carbocycles. The fraction of sp³-hybridized carbons (Fsp3) is 0. The molecular formula is C11H6BrFN2O3. The zero-order chi connectivity index (χ0) is 13.1. The van der Waals surface area contributed by atoms with Gasteiger partial charge in [0, 0.05) is 16.6 Å². The maximum absolute atomic E-state index is 13.6. The molecule has 92 valence electrons. The molecule has 18 heavy (non-hydrogen) atoms. The topological polar surface area (TPSA) is 76.2 Å². The van der Waals surface area contributed by atoms with Gasteiger partial charge in [-0.05, 0) is 18.2 Å². The fourth-order valence-electron chi connectivity index (χ4n) is 1.22. The molecule has 0 spiro atoms. The van der Waals surface area contributed by atoms with E-state index >= 15 is 0 Å². The highest BCUT2D eigenvalue weighted by atomic mass is 79.9. The van der Waals surface area contributed by atoms with E-state index in [4.69, 9.17) is 9.52 Å². The van der Waals surface area contributed by atoms with Crippen LogP contribution in [-0.2, 0) is 4.79 Å². The molecular weight excluding hydrogens is 307 g/mol. The maximum Gasteiger partial charge on any atom is 0.328 e. The number of benzene rings is 1. The Morgan fingerprint density at radius 2 is 2.22 bits per heavy atom. The van der Waals surface area contributed by atoms with Crippen molar-refractivity contribution in [3.63, 3.8) is 0 Å². The van der Waals surface area contributed by atoms with Gasteiger partial charge in [-0.1, -0.05) is 15.9 Å². The summed E-state index contributed by atoms with van der Waals surface area (Å²) in [5, 5.41) is 15.7. The molecule has 1 aromatic heterocycles. The van der Waals surface area contributed by atoms with Gasteiger partial charge in [-0.15, -0.1) is 10.2 Å². The van der Waals surface area contributed by atoms with Crippen molar-refractivity contribution in [1.29, 1.82) is 0 Å². The van der Waals surface area contributed by atoms with Gasteiger partial charge < -0.3 is 9.52 Å². The van der Waals surface area contributed by atoms with Gasteiger partial charge in [0.05, 0.1) is 5.56 Å². The van der Waals surface area contributed by atoms with E-state index in [0.717, 1.165) is 12.2 Å². The lowest BCUT2D eigenvalue weighted by atomic mass is 10.2. The Labute approximate surface area is 109 Å². The lowest BCUT2D eigenvalue weighted by molar-refractivity contribution is -0.131. The Hall–Kier alpha value is -2.02. The molecule has 1 N–H and O–H groups in total. The van der Waals surface area contributed by atoms with E-state index in [9.17, 15) is 9.18 Å². The molecule has 0 radical (unpaired) electrons. The van der Waals surface area contributed by atoms with Crippen LogP contribution in [-0.4, -0.2) is 21.3 Å². The third-order valence-electron chi connectivity index (χ3n) is 1.97. The van der Waals surface area contributed by atoms with Crippen LogP contribution in [0.1, 0.15) is 5.89 Å². The number of hydrogen-bond donors (Lipinski definition) is 1. The van der Waals surface area contributed by atoms with Gasteiger partial charge in [-0.2, -0.15) is 0 Å². The molecule has 0 bridgehead atoms. The van der Waals surface area contributed by atoms with E-state index < -0.39 is 11.8 Å². The van der Waals surface area contributed by atoms with E-state index in [1.165, 1.54) is 12.1 Å². The van der Waals surface area contributed by atoms with Crippen LogP contribution in [0.25, 0.3) is 17.5 Å². The smallest absolute Gasteiger partial charge is 0.328 e. The number of halogens is 2. The van der Waals surface area contributed by atoms with Crippen molar-refractivity contribution in [3.05, 3.63) is 40.5 Å². The Balaban J connectivity index is 2.32. The Morgan fingerprint density at radius 3 is 2.89 bits per heavy atom. The molecule has 5 nitrogen and oxygen atoms in total. The summed E-state index contributed by atoms with van der Waals surface area (Å²) < 4.78 is 19.3. The van der Waals surface area contributed by atoms with Crippen LogP contribution >= 0.6 is 15.9 Å². The maximum atomic E-state index is 13.6. The minimum absolute atomic E-state index is 0.00489. The van der Waals surface area contributed by atoms with Crippen LogP contribution in [0.5, 0.6) is 0 Å². The minimum Gasteiger partial charge on any atom is -0.478 e. The first-order valence-corrected chi connectivity index (χ1v) is 5.55. The average molecular weight is 313 g/mol. The predicted octanol–water partition coefficient (Wildman–Crippen LogP) is 2.74. The molecule has 2 rings (SSSR count). The molecule has 0 aliphatic rings. The highest BCUT2D eigenvalue weighted by molar-refractivity contribution is 9.10. The van der Waals surface area contributed by atoms with Crippen LogP contribution in [0.2, 0.25) is 0 Å². The average Bonchev–Trinajstić information content (AvgIpc) is 2.75. The van der Waals surface area contributed by atoms with Crippen molar-refractivity contribution in [1.82, 2.24) is 10.2 Å². The monoisotopic (exact) mass is 312 g/mol. The van der Waals surface area contributed by atoms with Crippen molar-refractivity contribution in [2.45, 2.75) is 0 Å². The predicted molar refractivity (Wildman–Crippen MR) is 64.1 cm³/mol. The number of rotatable bonds is 3. The zero-order valence-corrected chi connectivity index (χ0v) is 10.4. The Morgan fingerprint density at radius 1 is 1.44 bits per heavy atom. The summed E-state index contributed by atoms with van der Waals surface area (Å²) in [6.45, 7) is 0. The lowest BCUT2D eigenvalue weighted by Gasteiger charge is -1.97. The summed E-state index contributed by atoms with van der Waals surface area (Å²) >= 11 is 3.13. The second kappa shape index (κ2) is 5.09. The van der Waals surface area contributed by atoms with E-state index in [1.54, 1.807) is 6.07 Å². The van der Waals surface area contributed by atoms with Gasteiger partial charge in [-0.25, -0.2) is 9.18 Å². The quantitative estimate of drug-likeness (QED) is 0.882. The van der Waals surface area contributed by atoms with Crippen LogP contribution in [0, 0.1) is 5.82 Å². The second-order valence-electron chi connectivity index (χ2n) is 3.24. The van der Waals surface area contributed by atoms with Crippen LogP contribution in [0.3, 0.4) is 0 Å². The Kier molecular flexibility index (Phi) is 3.52. The summed E-state index contributed by atoms with van der Waals surface area (Å²) in [5.41, 5.74) is 0.153. The first kappa shape index (κ1) is 12.4. The molecule has 0 aliphatic carbocycles. The molecule has 0 aliphatic heterocycles.